The molecule has 2 rings (SSSR count). The standard InChI is InChI=1S/C14H19F2NO/c1-9-13(3-4-18-9)14(17-2)7-10-5-11(15)8-12(16)6-10/h5-6,8-9,13-14,17H,3-4,7H2,1-2H3. The molecule has 1 heterocycles. The van der Waals surface area contributed by atoms with Gasteiger partial charge in [0.2, 0.25) is 0 Å². The molecule has 1 N–H and O–H groups in total. The van der Waals surface area contributed by atoms with Crippen LogP contribution in [0.4, 0.5) is 8.78 Å². The fraction of sp³-hybridized carbons (Fsp3) is 0.571. The van der Waals surface area contributed by atoms with Gasteiger partial charge < -0.3 is 10.1 Å². The Kier molecular flexibility index (Phi) is 4.30. The van der Waals surface area contributed by atoms with Crippen molar-refractivity contribution in [3.8, 4) is 0 Å². The molecule has 0 aliphatic carbocycles. The van der Waals surface area contributed by atoms with Crippen LogP contribution in [-0.2, 0) is 11.2 Å². The molecule has 0 spiro atoms. The summed E-state index contributed by atoms with van der Waals surface area (Å²) in [6.45, 7) is 2.82. The normalized spacial score (nSPS) is 25.3. The number of nitrogens with one attached hydrogen (secondary N) is 1. The molecule has 3 atom stereocenters. The summed E-state index contributed by atoms with van der Waals surface area (Å²) in [4.78, 5) is 0. The third kappa shape index (κ3) is 3.06. The minimum atomic E-state index is -0.518. The molecule has 4 heteroatoms. The number of hydrogen-bond acceptors (Lipinski definition) is 2. The van der Waals surface area contributed by atoms with Gasteiger partial charge in [-0.2, -0.15) is 0 Å². The number of hydrogen-bond donors (Lipinski definition) is 1. The second-order valence-corrected chi connectivity index (χ2v) is 4.91. The van der Waals surface area contributed by atoms with Gasteiger partial charge in [-0.15, -0.1) is 0 Å². The predicted octanol–water partition coefficient (Wildman–Crippen LogP) is 2.52. The summed E-state index contributed by atoms with van der Waals surface area (Å²) in [5, 5.41) is 3.24. The van der Waals surface area contributed by atoms with Crippen LogP contribution in [0, 0.1) is 17.6 Å². The van der Waals surface area contributed by atoms with E-state index in [2.05, 4.69) is 5.32 Å². The number of halogens is 2. The van der Waals surface area contributed by atoms with Crippen molar-refractivity contribution >= 4 is 0 Å². The molecule has 1 saturated heterocycles. The molecule has 3 unspecified atom stereocenters. The first-order valence-corrected chi connectivity index (χ1v) is 6.34. The second kappa shape index (κ2) is 5.76. The Morgan fingerprint density at radius 3 is 2.50 bits per heavy atom. The van der Waals surface area contributed by atoms with Crippen LogP contribution in [0.5, 0.6) is 0 Å². The molecule has 0 amide bonds. The van der Waals surface area contributed by atoms with E-state index in [9.17, 15) is 8.78 Å². The maximum absolute atomic E-state index is 13.2. The first-order chi connectivity index (χ1) is 8.60. The summed E-state index contributed by atoms with van der Waals surface area (Å²) in [5.41, 5.74) is 0.686. The molecule has 1 aliphatic rings. The zero-order valence-corrected chi connectivity index (χ0v) is 10.7. The Bertz CT molecular complexity index is 391. The topological polar surface area (TPSA) is 21.3 Å². The lowest BCUT2D eigenvalue weighted by atomic mass is 9.89. The zero-order chi connectivity index (χ0) is 13.1. The zero-order valence-electron chi connectivity index (χ0n) is 10.7. The van der Waals surface area contributed by atoms with E-state index in [-0.39, 0.29) is 12.1 Å². The monoisotopic (exact) mass is 255 g/mol. The van der Waals surface area contributed by atoms with Gasteiger partial charge in [0, 0.05) is 24.6 Å². The minimum Gasteiger partial charge on any atom is -0.378 e. The van der Waals surface area contributed by atoms with E-state index < -0.39 is 11.6 Å². The summed E-state index contributed by atoms with van der Waals surface area (Å²) in [7, 11) is 1.88. The van der Waals surface area contributed by atoms with Crippen LogP contribution in [0.2, 0.25) is 0 Å². The number of benzene rings is 1. The van der Waals surface area contributed by atoms with Gasteiger partial charge in [0.1, 0.15) is 11.6 Å². The van der Waals surface area contributed by atoms with Crippen molar-refractivity contribution in [2.24, 2.45) is 5.92 Å². The quantitative estimate of drug-likeness (QED) is 0.892. The molecule has 1 fully saturated rings. The third-order valence-electron chi connectivity index (χ3n) is 3.70. The Labute approximate surface area is 106 Å². The van der Waals surface area contributed by atoms with Gasteiger partial charge in [0.05, 0.1) is 6.10 Å². The summed E-state index contributed by atoms with van der Waals surface area (Å²) in [5.74, 6) is -0.646. The Morgan fingerprint density at radius 2 is 2.00 bits per heavy atom. The molecule has 1 aromatic rings. The fourth-order valence-corrected chi connectivity index (χ4v) is 2.73. The summed E-state index contributed by atoms with van der Waals surface area (Å²) in [6.07, 6.45) is 1.80. The van der Waals surface area contributed by atoms with Gasteiger partial charge in [-0.1, -0.05) is 0 Å². The van der Waals surface area contributed by atoms with E-state index in [1.807, 2.05) is 14.0 Å². The minimum absolute atomic E-state index is 0.184. The lowest BCUT2D eigenvalue weighted by Gasteiger charge is -2.25. The van der Waals surface area contributed by atoms with Crippen LogP contribution in [-0.4, -0.2) is 25.8 Å². The SMILES string of the molecule is CNC(Cc1cc(F)cc(F)c1)C1CCOC1C. The molecule has 2 nitrogen and oxygen atoms in total. The van der Waals surface area contributed by atoms with Gasteiger partial charge in [-0.25, -0.2) is 8.78 Å². The highest BCUT2D eigenvalue weighted by Gasteiger charge is 2.31. The first kappa shape index (κ1) is 13.4. The van der Waals surface area contributed by atoms with E-state index in [0.29, 0.717) is 17.9 Å². The van der Waals surface area contributed by atoms with Gasteiger partial charge in [-0.05, 0) is 44.5 Å². The lowest BCUT2D eigenvalue weighted by Crippen LogP contribution is -2.38. The van der Waals surface area contributed by atoms with Crippen LogP contribution in [0.15, 0.2) is 18.2 Å². The van der Waals surface area contributed by atoms with E-state index in [0.717, 1.165) is 19.1 Å². The van der Waals surface area contributed by atoms with Gasteiger partial charge in [0.15, 0.2) is 0 Å². The highest BCUT2D eigenvalue weighted by Crippen LogP contribution is 2.26. The number of likely N-dealkylation sites (N-methyl/N-ethyl adjacent to an activating group) is 1. The van der Waals surface area contributed by atoms with Crippen LogP contribution < -0.4 is 5.32 Å². The smallest absolute Gasteiger partial charge is 0.126 e. The van der Waals surface area contributed by atoms with Crippen molar-refractivity contribution in [2.75, 3.05) is 13.7 Å². The molecular formula is C14H19F2NO. The summed E-state index contributed by atoms with van der Waals surface area (Å²) in [6, 6.07) is 3.88. The van der Waals surface area contributed by atoms with Crippen LogP contribution in [0.1, 0.15) is 18.9 Å². The third-order valence-corrected chi connectivity index (χ3v) is 3.70. The molecule has 1 aromatic carbocycles. The molecule has 0 bridgehead atoms. The Morgan fingerprint density at radius 1 is 1.33 bits per heavy atom. The maximum atomic E-state index is 13.2. The summed E-state index contributed by atoms with van der Waals surface area (Å²) >= 11 is 0. The van der Waals surface area contributed by atoms with Crippen LogP contribution >= 0.6 is 0 Å². The van der Waals surface area contributed by atoms with Crippen molar-refractivity contribution in [3.63, 3.8) is 0 Å². The lowest BCUT2D eigenvalue weighted by molar-refractivity contribution is 0.0963. The van der Waals surface area contributed by atoms with E-state index in [1.54, 1.807) is 0 Å². The number of rotatable bonds is 4. The average molecular weight is 255 g/mol. The first-order valence-electron chi connectivity index (χ1n) is 6.34. The second-order valence-electron chi connectivity index (χ2n) is 4.91. The highest BCUT2D eigenvalue weighted by atomic mass is 19.1. The van der Waals surface area contributed by atoms with Gasteiger partial charge in [0.25, 0.3) is 0 Å². The van der Waals surface area contributed by atoms with Crippen molar-refractivity contribution in [1.29, 1.82) is 0 Å². The van der Waals surface area contributed by atoms with Crippen molar-refractivity contribution in [1.82, 2.24) is 5.32 Å². The molecule has 1 aliphatic heterocycles. The molecule has 18 heavy (non-hydrogen) atoms. The van der Waals surface area contributed by atoms with Crippen LogP contribution in [0.3, 0.4) is 0 Å². The van der Waals surface area contributed by atoms with Crippen LogP contribution in [0.25, 0.3) is 0 Å². The molecule has 100 valence electrons. The molecule has 0 saturated carbocycles. The maximum Gasteiger partial charge on any atom is 0.126 e. The Hall–Kier alpha value is -1.00. The largest absolute Gasteiger partial charge is 0.378 e. The van der Waals surface area contributed by atoms with E-state index in [1.165, 1.54) is 12.1 Å². The Balaban J connectivity index is 2.09. The fourth-order valence-electron chi connectivity index (χ4n) is 2.73. The van der Waals surface area contributed by atoms with Crippen molar-refractivity contribution < 1.29 is 13.5 Å². The highest BCUT2D eigenvalue weighted by molar-refractivity contribution is 5.19. The average Bonchev–Trinajstić information content (AvgIpc) is 2.71. The molecule has 0 radical (unpaired) electrons. The predicted molar refractivity (Wildman–Crippen MR) is 66.4 cm³/mol. The van der Waals surface area contributed by atoms with E-state index in [4.69, 9.17) is 4.74 Å². The molecular weight excluding hydrogens is 236 g/mol. The van der Waals surface area contributed by atoms with Crippen molar-refractivity contribution in [3.05, 3.63) is 35.4 Å². The number of ether oxygens (including phenoxy) is 1. The van der Waals surface area contributed by atoms with E-state index >= 15 is 0 Å². The van der Waals surface area contributed by atoms with Crippen molar-refractivity contribution in [2.45, 2.75) is 31.9 Å². The molecule has 0 aromatic heterocycles. The van der Waals surface area contributed by atoms with Gasteiger partial charge in [-0.3, -0.25) is 0 Å². The van der Waals surface area contributed by atoms with Gasteiger partial charge >= 0.3 is 0 Å². The summed E-state index contributed by atoms with van der Waals surface area (Å²) < 4.78 is 31.8.